The van der Waals surface area contributed by atoms with Crippen molar-refractivity contribution in [3.63, 3.8) is 0 Å². The van der Waals surface area contributed by atoms with E-state index in [-0.39, 0.29) is 5.91 Å². The first-order valence-electron chi connectivity index (χ1n) is 5.52. The molecule has 0 spiro atoms. The fourth-order valence-corrected chi connectivity index (χ4v) is 1.70. The second-order valence-corrected chi connectivity index (χ2v) is 4.09. The van der Waals surface area contributed by atoms with Crippen LogP contribution in [0.15, 0.2) is 30.6 Å². The molecular weight excluding hydrogens is 228 g/mol. The Balaban J connectivity index is 2.24. The van der Waals surface area contributed by atoms with Crippen molar-refractivity contribution < 1.29 is 4.79 Å². The van der Waals surface area contributed by atoms with Crippen molar-refractivity contribution >= 4 is 17.4 Å². The summed E-state index contributed by atoms with van der Waals surface area (Å²) < 4.78 is 0. The molecule has 0 unspecified atom stereocenters. The van der Waals surface area contributed by atoms with Crippen molar-refractivity contribution in [1.29, 1.82) is 0 Å². The van der Waals surface area contributed by atoms with Crippen LogP contribution in [0.4, 0.5) is 11.5 Å². The third-order valence-corrected chi connectivity index (χ3v) is 2.44. The first kappa shape index (κ1) is 12.0. The molecule has 0 saturated carbocycles. The van der Waals surface area contributed by atoms with Gasteiger partial charge in [0.25, 0.3) is 5.91 Å². The molecule has 0 atom stereocenters. The lowest BCUT2D eigenvalue weighted by molar-refractivity contribution is 0.102. The number of amides is 1. The summed E-state index contributed by atoms with van der Waals surface area (Å²) in [5, 5.41) is 2.72. The molecule has 0 aromatic carbocycles. The second-order valence-electron chi connectivity index (χ2n) is 4.09. The van der Waals surface area contributed by atoms with Gasteiger partial charge in [-0.1, -0.05) is 0 Å². The van der Waals surface area contributed by atoms with Gasteiger partial charge in [0.15, 0.2) is 0 Å². The predicted molar refractivity (Wildman–Crippen MR) is 70.3 cm³/mol. The Kier molecular flexibility index (Phi) is 3.23. The van der Waals surface area contributed by atoms with Gasteiger partial charge in [-0.3, -0.25) is 9.78 Å². The predicted octanol–water partition coefficient (Wildman–Crippen LogP) is 1.93. The van der Waals surface area contributed by atoms with E-state index in [0.29, 0.717) is 17.1 Å². The standard InChI is InChI=1S/C13H14N4O/c1-8-5-9(2)16-12(6-8)17-13(18)10-3-4-15-7-11(10)14/h3-7H,14H2,1-2H3,(H,16,17,18). The van der Waals surface area contributed by atoms with E-state index in [9.17, 15) is 4.79 Å². The summed E-state index contributed by atoms with van der Waals surface area (Å²) in [4.78, 5) is 20.1. The van der Waals surface area contributed by atoms with Crippen LogP contribution in [0.25, 0.3) is 0 Å². The maximum absolute atomic E-state index is 12.0. The van der Waals surface area contributed by atoms with Crippen LogP contribution < -0.4 is 11.1 Å². The quantitative estimate of drug-likeness (QED) is 0.843. The topological polar surface area (TPSA) is 80.9 Å². The van der Waals surface area contributed by atoms with Crippen LogP contribution in [0.3, 0.4) is 0 Å². The largest absolute Gasteiger partial charge is 0.397 e. The molecule has 3 N–H and O–H groups in total. The number of hydrogen-bond donors (Lipinski definition) is 2. The number of anilines is 2. The Morgan fingerprint density at radius 3 is 2.78 bits per heavy atom. The molecule has 2 aromatic heterocycles. The average Bonchev–Trinajstić information content (AvgIpc) is 2.27. The lowest BCUT2D eigenvalue weighted by atomic mass is 10.2. The Hall–Kier alpha value is -2.43. The number of hydrogen-bond acceptors (Lipinski definition) is 4. The monoisotopic (exact) mass is 242 g/mol. The Morgan fingerprint density at radius 2 is 2.11 bits per heavy atom. The Labute approximate surface area is 105 Å². The van der Waals surface area contributed by atoms with Crippen molar-refractivity contribution in [3.05, 3.63) is 47.4 Å². The summed E-state index contributed by atoms with van der Waals surface area (Å²) in [6, 6.07) is 5.33. The molecule has 5 nitrogen and oxygen atoms in total. The summed E-state index contributed by atoms with van der Waals surface area (Å²) >= 11 is 0. The molecule has 2 heterocycles. The highest BCUT2D eigenvalue weighted by molar-refractivity contribution is 6.07. The van der Waals surface area contributed by atoms with Gasteiger partial charge >= 0.3 is 0 Å². The third kappa shape index (κ3) is 2.63. The number of nitrogens with one attached hydrogen (secondary N) is 1. The summed E-state index contributed by atoms with van der Waals surface area (Å²) in [6.45, 7) is 3.83. The van der Waals surface area contributed by atoms with Crippen molar-refractivity contribution in [1.82, 2.24) is 9.97 Å². The molecule has 0 radical (unpaired) electrons. The Bertz CT molecular complexity index is 575. The summed E-state index contributed by atoms with van der Waals surface area (Å²) in [7, 11) is 0. The van der Waals surface area contributed by atoms with E-state index in [1.807, 2.05) is 26.0 Å². The van der Waals surface area contributed by atoms with E-state index in [2.05, 4.69) is 15.3 Å². The minimum absolute atomic E-state index is 0.285. The molecule has 1 amide bonds. The van der Waals surface area contributed by atoms with Crippen LogP contribution in [0.1, 0.15) is 21.6 Å². The normalized spacial score (nSPS) is 10.1. The highest BCUT2D eigenvalue weighted by atomic mass is 16.1. The lowest BCUT2D eigenvalue weighted by Crippen LogP contribution is -2.15. The third-order valence-electron chi connectivity index (χ3n) is 2.44. The van der Waals surface area contributed by atoms with Crippen LogP contribution >= 0.6 is 0 Å². The van der Waals surface area contributed by atoms with Crippen LogP contribution in [0.2, 0.25) is 0 Å². The SMILES string of the molecule is Cc1cc(C)nc(NC(=O)c2ccncc2N)c1. The zero-order valence-electron chi connectivity index (χ0n) is 10.3. The summed E-state index contributed by atoms with van der Waals surface area (Å²) in [5.74, 6) is 0.237. The molecule has 0 aliphatic rings. The number of carbonyl (C=O) groups is 1. The molecule has 0 fully saturated rings. The first-order valence-corrected chi connectivity index (χ1v) is 5.52. The molecule has 2 rings (SSSR count). The number of pyridine rings is 2. The van der Waals surface area contributed by atoms with Crippen molar-refractivity contribution in [2.24, 2.45) is 0 Å². The van der Waals surface area contributed by atoms with Gasteiger partial charge in [0, 0.05) is 11.9 Å². The van der Waals surface area contributed by atoms with E-state index >= 15 is 0 Å². The maximum atomic E-state index is 12.0. The van der Waals surface area contributed by atoms with Gasteiger partial charge in [-0.15, -0.1) is 0 Å². The van der Waals surface area contributed by atoms with Crippen LogP contribution in [-0.4, -0.2) is 15.9 Å². The zero-order valence-corrected chi connectivity index (χ0v) is 10.3. The van der Waals surface area contributed by atoms with Gasteiger partial charge in [-0.25, -0.2) is 4.98 Å². The van der Waals surface area contributed by atoms with Gasteiger partial charge in [0.05, 0.1) is 17.4 Å². The van der Waals surface area contributed by atoms with Gasteiger partial charge in [0.2, 0.25) is 0 Å². The number of carbonyl (C=O) groups excluding carboxylic acids is 1. The van der Waals surface area contributed by atoms with Crippen LogP contribution in [0.5, 0.6) is 0 Å². The number of rotatable bonds is 2. The maximum Gasteiger partial charge on any atom is 0.259 e. The van der Waals surface area contributed by atoms with E-state index in [4.69, 9.17) is 5.73 Å². The van der Waals surface area contributed by atoms with E-state index in [0.717, 1.165) is 11.3 Å². The molecule has 2 aromatic rings. The average molecular weight is 242 g/mol. The number of nitrogen functional groups attached to an aromatic ring is 1. The van der Waals surface area contributed by atoms with E-state index in [1.165, 1.54) is 12.4 Å². The van der Waals surface area contributed by atoms with Gasteiger partial charge in [-0.2, -0.15) is 0 Å². The van der Waals surface area contributed by atoms with Crippen LogP contribution in [-0.2, 0) is 0 Å². The molecule has 5 heteroatoms. The molecular formula is C13H14N4O. The lowest BCUT2D eigenvalue weighted by Gasteiger charge is -2.07. The summed E-state index contributed by atoms with van der Waals surface area (Å²) in [6.07, 6.45) is 2.98. The molecule has 18 heavy (non-hydrogen) atoms. The number of aryl methyl sites for hydroxylation is 2. The van der Waals surface area contributed by atoms with Gasteiger partial charge < -0.3 is 11.1 Å². The highest BCUT2D eigenvalue weighted by Gasteiger charge is 2.10. The number of nitrogens with zero attached hydrogens (tertiary/aromatic N) is 2. The molecule has 0 aliphatic heterocycles. The van der Waals surface area contributed by atoms with E-state index < -0.39 is 0 Å². The molecule has 0 bridgehead atoms. The number of aromatic nitrogens is 2. The zero-order chi connectivity index (χ0) is 13.1. The Morgan fingerprint density at radius 1 is 1.33 bits per heavy atom. The minimum atomic E-state index is -0.285. The van der Waals surface area contributed by atoms with Crippen molar-refractivity contribution in [3.8, 4) is 0 Å². The van der Waals surface area contributed by atoms with E-state index in [1.54, 1.807) is 6.07 Å². The molecule has 0 aliphatic carbocycles. The highest BCUT2D eigenvalue weighted by Crippen LogP contribution is 2.13. The van der Waals surface area contributed by atoms with Crippen molar-refractivity contribution in [2.45, 2.75) is 13.8 Å². The second kappa shape index (κ2) is 4.83. The first-order chi connectivity index (χ1) is 8.56. The smallest absolute Gasteiger partial charge is 0.259 e. The fraction of sp³-hybridized carbons (Fsp3) is 0.154. The van der Waals surface area contributed by atoms with Crippen LogP contribution in [0, 0.1) is 13.8 Å². The minimum Gasteiger partial charge on any atom is -0.397 e. The molecule has 92 valence electrons. The van der Waals surface area contributed by atoms with Gasteiger partial charge in [-0.05, 0) is 37.6 Å². The fourth-order valence-electron chi connectivity index (χ4n) is 1.70. The summed E-state index contributed by atoms with van der Waals surface area (Å²) in [5.41, 5.74) is 8.33. The van der Waals surface area contributed by atoms with Gasteiger partial charge in [0.1, 0.15) is 5.82 Å². The molecule has 0 saturated heterocycles. The number of nitrogens with two attached hydrogens (primary N) is 1. The van der Waals surface area contributed by atoms with Crippen molar-refractivity contribution in [2.75, 3.05) is 11.1 Å².